The fraction of sp³-hybridized carbons (Fsp3) is 0.789. The van der Waals surface area contributed by atoms with Gasteiger partial charge in [0.1, 0.15) is 17.1 Å². The molecule has 3 saturated carbocycles. The SMILES string of the molecule is C[C@]12CCc3nonc3[C@H]1CC[C@@H]1[C@@H]2CC[C@]2(C)C(=O)/C(=N/O)C[C@@H]12. The molecule has 6 atom stereocenters. The molecule has 3 fully saturated rings. The van der Waals surface area contributed by atoms with Gasteiger partial charge in [0.25, 0.3) is 0 Å². The highest BCUT2D eigenvalue weighted by molar-refractivity contribution is 6.43. The van der Waals surface area contributed by atoms with Crippen molar-refractivity contribution in [3.63, 3.8) is 0 Å². The zero-order valence-electron chi connectivity index (χ0n) is 14.9. The van der Waals surface area contributed by atoms with Crippen LogP contribution in [0.2, 0.25) is 0 Å². The van der Waals surface area contributed by atoms with E-state index in [-0.39, 0.29) is 16.6 Å². The molecule has 1 N–H and O–H groups in total. The van der Waals surface area contributed by atoms with E-state index in [4.69, 9.17) is 4.63 Å². The summed E-state index contributed by atoms with van der Waals surface area (Å²) >= 11 is 0. The Bertz CT molecular complexity index is 772. The third-order valence-corrected chi connectivity index (χ3v) is 8.39. The van der Waals surface area contributed by atoms with Crippen molar-refractivity contribution < 1.29 is 14.6 Å². The van der Waals surface area contributed by atoms with Crippen molar-refractivity contribution in [2.45, 2.75) is 64.7 Å². The molecule has 6 nitrogen and oxygen atoms in total. The summed E-state index contributed by atoms with van der Waals surface area (Å²) < 4.78 is 5.04. The summed E-state index contributed by atoms with van der Waals surface area (Å²) in [7, 11) is 0. The zero-order valence-corrected chi connectivity index (χ0v) is 14.9. The third kappa shape index (κ3) is 1.80. The summed E-state index contributed by atoms with van der Waals surface area (Å²) in [6, 6.07) is 0. The molecule has 25 heavy (non-hydrogen) atoms. The first kappa shape index (κ1) is 15.5. The predicted octanol–water partition coefficient (Wildman–Crippen LogP) is 3.35. The zero-order chi connectivity index (χ0) is 17.4. The number of fused-ring (bicyclic) bond motifs is 7. The lowest BCUT2D eigenvalue weighted by molar-refractivity contribution is -0.132. The second-order valence-corrected chi connectivity index (χ2v) is 9.14. The normalized spacial score (nSPS) is 47.1. The summed E-state index contributed by atoms with van der Waals surface area (Å²) in [6.07, 6.45) is 6.90. The van der Waals surface area contributed by atoms with E-state index in [1.807, 2.05) is 0 Å². The Morgan fingerprint density at radius 2 is 2.00 bits per heavy atom. The first-order chi connectivity index (χ1) is 12.0. The van der Waals surface area contributed by atoms with Gasteiger partial charge in [-0.2, -0.15) is 0 Å². The summed E-state index contributed by atoms with van der Waals surface area (Å²) in [5.41, 5.74) is 2.40. The minimum atomic E-state index is -0.332. The first-order valence-corrected chi connectivity index (χ1v) is 9.56. The number of carbonyl (C=O) groups is 1. The average Bonchev–Trinajstić information content (AvgIpc) is 3.17. The number of carbonyl (C=O) groups excluding carboxylic acids is 1. The molecule has 0 radical (unpaired) electrons. The number of hydrogen-bond acceptors (Lipinski definition) is 6. The van der Waals surface area contributed by atoms with E-state index in [0.29, 0.717) is 35.8 Å². The highest BCUT2D eigenvalue weighted by atomic mass is 16.6. The topological polar surface area (TPSA) is 88.6 Å². The number of oxime groups is 1. The van der Waals surface area contributed by atoms with E-state index in [1.54, 1.807) is 0 Å². The predicted molar refractivity (Wildman–Crippen MR) is 89.4 cm³/mol. The monoisotopic (exact) mass is 343 g/mol. The lowest BCUT2D eigenvalue weighted by Gasteiger charge is -2.58. The van der Waals surface area contributed by atoms with Crippen LogP contribution in [0.15, 0.2) is 9.78 Å². The summed E-state index contributed by atoms with van der Waals surface area (Å²) in [6.45, 7) is 4.52. The van der Waals surface area contributed by atoms with Gasteiger partial charge in [0.15, 0.2) is 5.78 Å². The third-order valence-electron chi connectivity index (χ3n) is 8.39. The van der Waals surface area contributed by atoms with Gasteiger partial charge >= 0.3 is 0 Å². The van der Waals surface area contributed by atoms with Gasteiger partial charge in [-0.3, -0.25) is 4.79 Å². The van der Waals surface area contributed by atoms with Crippen LogP contribution in [-0.2, 0) is 11.2 Å². The van der Waals surface area contributed by atoms with Gasteiger partial charge in [-0.25, -0.2) is 4.63 Å². The van der Waals surface area contributed by atoms with Crippen molar-refractivity contribution >= 4 is 11.5 Å². The molecule has 0 unspecified atom stereocenters. The van der Waals surface area contributed by atoms with E-state index in [9.17, 15) is 10.0 Å². The molecule has 4 aliphatic carbocycles. The summed E-state index contributed by atoms with van der Waals surface area (Å²) in [5.74, 6) is 1.96. The van der Waals surface area contributed by atoms with E-state index < -0.39 is 0 Å². The molecule has 1 heterocycles. The van der Waals surface area contributed by atoms with E-state index in [0.717, 1.165) is 49.9 Å². The van der Waals surface area contributed by atoms with E-state index >= 15 is 0 Å². The van der Waals surface area contributed by atoms with Crippen LogP contribution in [0.25, 0.3) is 0 Å². The number of hydrogen-bond donors (Lipinski definition) is 1. The first-order valence-electron chi connectivity index (χ1n) is 9.56. The van der Waals surface area contributed by atoms with Crippen LogP contribution in [0.4, 0.5) is 0 Å². The van der Waals surface area contributed by atoms with Gasteiger partial charge in [-0.15, -0.1) is 0 Å². The van der Waals surface area contributed by atoms with Gasteiger partial charge in [0, 0.05) is 17.8 Å². The minimum absolute atomic E-state index is 0.0809. The highest BCUT2D eigenvalue weighted by Crippen LogP contribution is 2.66. The Morgan fingerprint density at radius 3 is 2.80 bits per heavy atom. The van der Waals surface area contributed by atoms with Gasteiger partial charge in [0.05, 0.1) is 0 Å². The molecule has 0 aliphatic heterocycles. The Labute approximate surface area is 147 Å². The molecule has 4 aliphatic rings. The van der Waals surface area contributed by atoms with Crippen molar-refractivity contribution in [1.82, 2.24) is 10.3 Å². The standard InChI is InChI=1S/C19H25N3O3/c1-18-8-6-14-16(22-25-21-14)12(18)4-3-10-11(18)5-7-19(2)13(10)9-15(20-24)17(19)23/h10-13,24H,3-9H2,1-2H3/b20-15+/t10-,11+,12-,13+,18-,19+/m1/s1. The second kappa shape index (κ2) is 4.92. The van der Waals surface area contributed by atoms with Crippen molar-refractivity contribution in [3.05, 3.63) is 11.4 Å². The molecule has 0 saturated heterocycles. The van der Waals surface area contributed by atoms with Gasteiger partial charge in [-0.05, 0) is 61.7 Å². The largest absolute Gasteiger partial charge is 0.411 e. The molecule has 6 heteroatoms. The summed E-state index contributed by atoms with van der Waals surface area (Å²) in [5, 5.41) is 20.9. The minimum Gasteiger partial charge on any atom is -0.411 e. The number of rotatable bonds is 0. The number of aromatic nitrogens is 2. The molecule has 1 aromatic heterocycles. The van der Waals surface area contributed by atoms with Crippen molar-refractivity contribution in [3.8, 4) is 0 Å². The average molecular weight is 343 g/mol. The maximum Gasteiger partial charge on any atom is 0.186 e. The summed E-state index contributed by atoms with van der Waals surface area (Å²) in [4.78, 5) is 12.7. The van der Waals surface area contributed by atoms with Crippen molar-refractivity contribution in [2.24, 2.45) is 33.7 Å². The molecule has 134 valence electrons. The second-order valence-electron chi connectivity index (χ2n) is 9.14. The van der Waals surface area contributed by atoms with Crippen molar-refractivity contribution in [2.75, 3.05) is 0 Å². The molecule has 5 rings (SSSR count). The Kier molecular flexibility index (Phi) is 3.06. The molecular weight excluding hydrogens is 318 g/mol. The van der Waals surface area contributed by atoms with Crippen LogP contribution >= 0.6 is 0 Å². The maximum atomic E-state index is 12.7. The van der Waals surface area contributed by atoms with Crippen LogP contribution in [0.3, 0.4) is 0 Å². The lowest BCUT2D eigenvalue weighted by atomic mass is 9.45. The van der Waals surface area contributed by atoms with Gasteiger partial charge < -0.3 is 5.21 Å². The van der Waals surface area contributed by atoms with Gasteiger partial charge in [-0.1, -0.05) is 29.3 Å². The number of Topliss-reactive ketones (excluding diaryl/α,β-unsaturated/α-hetero) is 1. The molecule has 0 spiro atoms. The quantitative estimate of drug-likeness (QED) is 0.576. The fourth-order valence-corrected chi connectivity index (χ4v) is 7.00. The number of nitrogens with zero attached hydrogens (tertiary/aromatic N) is 3. The number of aryl methyl sites for hydroxylation is 1. The molecular formula is C19H25N3O3. The van der Waals surface area contributed by atoms with Gasteiger partial charge in [0.2, 0.25) is 0 Å². The highest BCUT2D eigenvalue weighted by Gasteiger charge is 2.62. The Balaban J connectivity index is 1.52. The lowest BCUT2D eigenvalue weighted by Crippen LogP contribution is -2.52. The molecule has 1 aromatic rings. The molecule has 0 aromatic carbocycles. The van der Waals surface area contributed by atoms with Crippen LogP contribution in [-0.4, -0.2) is 27.0 Å². The van der Waals surface area contributed by atoms with Crippen LogP contribution in [0, 0.1) is 28.6 Å². The van der Waals surface area contributed by atoms with Crippen LogP contribution in [0.1, 0.15) is 69.7 Å². The maximum absolute atomic E-state index is 12.7. The van der Waals surface area contributed by atoms with Crippen LogP contribution < -0.4 is 0 Å². The Morgan fingerprint density at radius 1 is 1.16 bits per heavy atom. The molecule has 0 bridgehead atoms. The number of ketones is 1. The molecule has 0 amide bonds. The van der Waals surface area contributed by atoms with Crippen LogP contribution in [0.5, 0.6) is 0 Å². The fourth-order valence-electron chi connectivity index (χ4n) is 7.00. The smallest absolute Gasteiger partial charge is 0.186 e. The van der Waals surface area contributed by atoms with Crippen molar-refractivity contribution in [1.29, 1.82) is 0 Å². The van der Waals surface area contributed by atoms with E-state index in [2.05, 4.69) is 29.3 Å². The van der Waals surface area contributed by atoms with E-state index in [1.165, 1.54) is 0 Å². The Hall–Kier alpha value is -1.72.